The van der Waals surface area contributed by atoms with E-state index in [1.54, 1.807) is 22.0 Å². The molecule has 7 heteroatoms. The van der Waals surface area contributed by atoms with Gasteiger partial charge in [0.2, 0.25) is 0 Å². The first-order chi connectivity index (χ1) is 12.1. The quantitative estimate of drug-likeness (QED) is 0.862. The van der Waals surface area contributed by atoms with Crippen LogP contribution in [0.4, 0.5) is 5.69 Å². The lowest BCUT2D eigenvalue weighted by molar-refractivity contribution is 0.0764. The van der Waals surface area contributed by atoms with Gasteiger partial charge >= 0.3 is 0 Å². The number of aliphatic hydroxyl groups is 1. The molecule has 134 valence electrons. The Kier molecular flexibility index (Phi) is 5.33. The summed E-state index contributed by atoms with van der Waals surface area (Å²) in [6, 6.07) is 7.42. The van der Waals surface area contributed by atoms with Gasteiger partial charge in [0, 0.05) is 44.1 Å². The summed E-state index contributed by atoms with van der Waals surface area (Å²) in [6.45, 7) is 3.91. The molecule has 0 spiro atoms. The Morgan fingerprint density at radius 3 is 2.72 bits per heavy atom. The second-order valence-corrected chi connectivity index (χ2v) is 6.55. The molecule has 1 N–H and O–H groups in total. The van der Waals surface area contributed by atoms with Crippen LogP contribution in [0.1, 0.15) is 36.2 Å². The maximum atomic E-state index is 12.7. The van der Waals surface area contributed by atoms with E-state index >= 15 is 0 Å². The Morgan fingerprint density at radius 1 is 1.32 bits per heavy atom. The Labute approximate surface area is 147 Å². The summed E-state index contributed by atoms with van der Waals surface area (Å²) in [5.74, 6) is -0.0653. The first kappa shape index (κ1) is 17.4. The zero-order chi connectivity index (χ0) is 17.8. The van der Waals surface area contributed by atoms with Crippen molar-refractivity contribution in [2.24, 2.45) is 0 Å². The fourth-order valence-electron chi connectivity index (χ4n) is 3.15. The molecule has 0 bridgehead atoms. The summed E-state index contributed by atoms with van der Waals surface area (Å²) in [6.07, 6.45) is 4.95. The van der Waals surface area contributed by atoms with Crippen LogP contribution in [0.25, 0.3) is 0 Å². The van der Waals surface area contributed by atoms with Crippen LogP contribution in [0.5, 0.6) is 0 Å². The molecule has 2 heterocycles. The van der Waals surface area contributed by atoms with Gasteiger partial charge < -0.3 is 14.9 Å². The Balaban J connectivity index is 1.65. The SMILES string of the molecule is CCCCN(C)c1ccc(C(=O)N2C[C@@H](O)[C@H](n3ccnn3)C2)cc1. The minimum atomic E-state index is -0.634. The highest BCUT2D eigenvalue weighted by atomic mass is 16.3. The second-order valence-electron chi connectivity index (χ2n) is 6.55. The minimum Gasteiger partial charge on any atom is -0.389 e. The summed E-state index contributed by atoms with van der Waals surface area (Å²) < 4.78 is 1.61. The fraction of sp³-hybridized carbons (Fsp3) is 0.500. The van der Waals surface area contributed by atoms with Crippen LogP contribution in [0.3, 0.4) is 0 Å². The molecule has 1 saturated heterocycles. The first-order valence-corrected chi connectivity index (χ1v) is 8.74. The molecule has 25 heavy (non-hydrogen) atoms. The predicted octanol–water partition coefficient (Wildman–Crippen LogP) is 1.57. The summed E-state index contributed by atoms with van der Waals surface area (Å²) in [4.78, 5) is 16.6. The Hall–Kier alpha value is -2.41. The van der Waals surface area contributed by atoms with Gasteiger partial charge in [0.25, 0.3) is 5.91 Å². The van der Waals surface area contributed by atoms with E-state index in [9.17, 15) is 9.90 Å². The monoisotopic (exact) mass is 343 g/mol. The fourth-order valence-corrected chi connectivity index (χ4v) is 3.15. The molecule has 2 aromatic rings. The van der Waals surface area contributed by atoms with E-state index in [0.717, 1.165) is 25.1 Å². The second kappa shape index (κ2) is 7.65. The number of aromatic nitrogens is 3. The molecule has 3 rings (SSSR count). The smallest absolute Gasteiger partial charge is 0.254 e. The number of benzene rings is 1. The number of carbonyl (C=O) groups excluding carboxylic acids is 1. The van der Waals surface area contributed by atoms with Crippen molar-refractivity contribution in [2.45, 2.75) is 31.9 Å². The van der Waals surface area contributed by atoms with Crippen molar-refractivity contribution >= 4 is 11.6 Å². The van der Waals surface area contributed by atoms with Gasteiger partial charge in [0.1, 0.15) is 0 Å². The Bertz CT molecular complexity index is 686. The third-order valence-corrected chi connectivity index (χ3v) is 4.73. The highest BCUT2D eigenvalue weighted by molar-refractivity contribution is 5.94. The average Bonchev–Trinajstić information content (AvgIpc) is 3.28. The summed E-state index contributed by atoms with van der Waals surface area (Å²) in [5, 5.41) is 17.9. The van der Waals surface area contributed by atoms with Crippen molar-refractivity contribution < 1.29 is 9.90 Å². The normalized spacial score (nSPS) is 20.0. The van der Waals surface area contributed by atoms with Crippen LogP contribution in [0, 0.1) is 0 Å². The maximum Gasteiger partial charge on any atom is 0.254 e. The van der Waals surface area contributed by atoms with Gasteiger partial charge in [-0.25, -0.2) is 4.68 Å². The van der Waals surface area contributed by atoms with Gasteiger partial charge in [-0.05, 0) is 30.7 Å². The molecule has 7 nitrogen and oxygen atoms in total. The van der Waals surface area contributed by atoms with E-state index in [-0.39, 0.29) is 11.9 Å². The topological polar surface area (TPSA) is 74.5 Å². The first-order valence-electron chi connectivity index (χ1n) is 8.74. The lowest BCUT2D eigenvalue weighted by atomic mass is 10.1. The molecule has 0 aliphatic carbocycles. The number of nitrogens with zero attached hydrogens (tertiary/aromatic N) is 5. The number of hydrogen-bond donors (Lipinski definition) is 1. The lowest BCUT2D eigenvalue weighted by Gasteiger charge is -2.20. The number of rotatable bonds is 6. The number of β-amino-alcohol motifs (C(OH)–C–C–N with tert-alkyl or cyclic N) is 1. The van der Waals surface area contributed by atoms with Crippen LogP contribution >= 0.6 is 0 Å². The van der Waals surface area contributed by atoms with Gasteiger partial charge in [-0.2, -0.15) is 0 Å². The van der Waals surface area contributed by atoms with Gasteiger partial charge in [-0.15, -0.1) is 5.10 Å². The Morgan fingerprint density at radius 2 is 2.08 bits per heavy atom. The van der Waals surface area contributed by atoms with Crippen molar-refractivity contribution in [1.82, 2.24) is 19.9 Å². The largest absolute Gasteiger partial charge is 0.389 e. The van der Waals surface area contributed by atoms with E-state index in [1.807, 2.05) is 24.3 Å². The van der Waals surface area contributed by atoms with E-state index in [1.165, 1.54) is 0 Å². The molecule has 1 aliphatic rings. The highest BCUT2D eigenvalue weighted by Gasteiger charge is 2.36. The van der Waals surface area contributed by atoms with Crippen LogP contribution < -0.4 is 4.90 Å². The number of hydrogen-bond acceptors (Lipinski definition) is 5. The third kappa shape index (κ3) is 3.82. The van der Waals surface area contributed by atoms with Crippen LogP contribution in [0.15, 0.2) is 36.7 Å². The predicted molar refractivity (Wildman–Crippen MR) is 95.6 cm³/mol. The highest BCUT2D eigenvalue weighted by Crippen LogP contribution is 2.23. The van der Waals surface area contributed by atoms with Crippen molar-refractivity contribution in [1.29, 1.82) is 0 Å². The molecule has 0 unspecified atom stereocenters. The minimum absolute atomic E-state index is 0.0653. The number of carbonyl (C=O) groups is 1. The number of unbranched alkanes of at least 4 members (excludes halogenated alkanes) is 1. The lowest BCUT2D eigenvalue weighted by Crippen LogP contribution is -2.29. The number of likely N-dealkylation sites (tertiary alicyclic amines) is 1. The van der Waals surface area contributed by atoms with Crippen molar-refractivity contribution in [3.8, 4) is 0 Å². The van der Waals surface area contributed by atoms with Gasteiger partial charge in [0.15, 0.2) is 0 Å². The zero-order valence-corrected chi connectivity index (χ0v) is 14.7. The van der Waals surface area contributed by atoms with E-state index in [2.05, 4.69) is 29.2 Å². The number of amides is 1. The molecule has 1 aromatic heterocycles. The molecule has 0 radical (unpaired) electrons. The average molecular weight is 343 g/mol. The summed E-state index contributed by atoms with van der Waals surface area (Å²) >= 11 is 0. The van der Waals surface area contributed by atoms with Crippen molar-refractivity contribution in [3.05, 3.63) is 42.2 Å². The third-order valence-electron chi connectivity index (χ3n) is 4.73. The zero-order valence-electron chi connectivity index (χ0n) is 14.7. The van der Waals surface area contributed by atoms with Crippen LogP contribution in [0.2, 0.25) is 0 Å². The van der Waals surface area contributed by atoms with Gasteiger partial charge in [0.05, 0.1) is 18.3 Å². The molecular weight excluding hydrogens is 318 g/mol. The van der Waals surface area contributed by atoms with Crippen LogP contribution in [-0.4, -0.2) is 63.7 Å². The van der Waals surface area contributed by atoms with Crippen molar-refractivity contribution in [2.75, 3.05) is 31.6 Å². The van der Waals surface area contributed by atoms with E-state index in [4.69, 9.17) is 0 Å². The number of anilines is 1. The standard InChI is InChI=1S/C18H25N5O2/c1-3-4-10-21(2)15-7-5-14(6-8-15)18(25)22-12-16(17(24)13-22)23-11-9-19-20-23/h5-9,11,16-17,24H,3-4,10,12-13H2,1-2H3/t16-,17-/m1/s1. The molecular formula is C18H25N5O2. The molecule has 1 amide bonds. The van der Waals surface area contributed by atoms with Gasteiger partial charge in [-0.3, -0.25) is 4.79 Å². The molecule has 0 saturated carbocycles. The van der Waals surface area contributed by atoms with E-state index < -0.39 is 6.10 Å². The van der Waals surface area contributed by atoms with Gasteiger partial charge in [-0.1, -0.05) is 18.6 Å². The van der Waals surface area contributed by atoms with E-state index in [0.29, 0.717) is 18.7 Å². The molecule has 1 aliphatic heterocycles. The van der Waals surface area contributed by atoms with Crippen molar-refractivity contribution in [3.63, 3.8) is 0 Å². The summed E-state index contributed by atoms with van der Waals surface area (Å²) in [5.41, 5.74) is 1.74. The molecule has 1 aromatic carbocycles. The molecule has 1 fully saturated rings. The summed E-state index contributed by atoms with van der Waals surface area (Å²) in [7, 11) is 2.06. The molecule has 2 atom stereocenters. The number of aliphatic hydroxyl groups excluding tert-OH is 1. The maximum absolute atomic E-state index is 12.7. The van der Waals surface area contributed by atoms with Crippen LogP contribution in [-0.2, 0) is 0 Å².